The van der Waals surface area contributed by atoms with Crippen molar-refractivity contribution in [1.29, 1.82) is 0 Å². The molecule has 0 aliphatic heterocycles. The number of para-hydroxylation sites is 1. The number of nitrogens with zero attached hydrogens (tertiary/aromatic N) is 1. The Morgan fingerprint density at radius 1 is 0.979 bits per heavy atom. The molecule has 0 bridgehead atoms. The first-order valence-electron chi connectivity index (χ1n) is 16.0. The molecule has 1 aliphatic rings. The first kappa shape index (κ1) is 38.8. The quantitative estimate of drug-likeness (QED) is 0.212. The van der Waals surface area contributed by atoms with Crippen molar-refractivity contribution >= 4 is 22.8 Å². The van der Waals surface area contributed by atoms with Gasteiger partial charge in [-0.15, -0.1) is 0 Å². The molecule has 47 heavy (non-hydrogen) atoms. The first-order chi connectivity index (χ1) is 22.7. The molecule has 9 nitrogen and oxygen atoms in total. The molecule has 3 aromatic rings. The summed E-state index contributed by atoms with van der Waals surface area (Å²) in [5.74, 6) is 0.792. The predicted octanol–water partition coefficient (Wildman–Crippen LogP) is 6.23. The number of likely N-dealkylation sites (N-methyl/N-ethyl adjacent to an activating group) is 1. The largest absolute Gasteiger partial charge is 0.498 e. The second kappa shape index (κ2) is 21.5. The number of carbonyl (C=O) groups excluding carboxylic acids is 2. The summed E-state index contributed by atoms with van der Waals surface area (Å²) in [4.78, 5) is 29.1. The summed E-state index contributed by atoms with van der Waals surface area (Å²) in [7, 11) is 9.92. The zero-order chi connectivity index (χ0) is 34.6. The van der Waals surface area contributed by atoms with Gasteiger partial charge >= 0.3 is 5.97 Å². The van der Waals surface area contributed by atoms with Crippen LogP contribution in [0.15, 0.2) is 96.1 Å². The average molecular weight is 648 g/mol. The zero-order valence-electron chi connectivity index (χ0n) is 29.3. The number of aryl methyl sites for hydroxylation is 1. The fourth-order valence-corrected chi connectivity index (χ4v) is 4.97. The lowest BCUT2D eigenvalue weighted by Gasteiger charge is -2.18. The summed E-state index contributed by atoms with van der Waals surface area (Å²) < 4.78 is 20.9. The molecule has 0 spiro atoms. The van der Waals surface area contributed by atoms with Crippen molar-refractivity contribution in [3.63, 3.8) is 0 Å². The minimum Gasteiger partial charge on any atom is -0.498 e. The van der Waals surface area contributed by atoms with Crippen molar-refractivity contribution in [2.45, 2.75) is 45.6 Å². The van der Waals surface area contributed by atoms with Gasteiger partial charge in [-0.3, -0.25) is 9.59 Å². The summed E-state index contributed by atoms with van der Waals surface area (Å²) in [5.41, 5.74) is 4.05. The molecular weight excluding hydrogens is 594 g/mol. The van der Waals surface area contributed by atoms with E-state index in [1.54, 1.807) is 44.5 Å². The van der Waals surface area contributed by atoms with Crippen LogP contribution in [-0.2, 0) is 41.4 Å². The van der Waals surface area contributed by atoms with Crippen molar-refractivity contribution in [3.05, 3.63) is 107 Å². The minimum absolute atomic E-state index is 0.0766. The standard InChI is InChI=1S/C21H27NO4.C13H15NO2.C4H11N/c1-22(12-8-11-16-9-6-5-7-10-16)21(23)17-13-18(24-2)15-20(26-4)19(14-17)25-3;1-9(13(15)16-2)7-10-8-14-12-6-4-3-5-11(10)12;1-3-4-5-2/h5-7,9-10,13-15,20H,8,11-12H2,1-4H3;3-6,8-9,14H,7H2,1-2H3;5H,3-4H2,1-2H3. The molecule has 0 radical (unpaired) electrons. The number of rotatable bonds is 13. The Morgan fingerprint density at radius 2 is 1.68 bits per heavy atom. The van der Waals surface area contributed by atoms with E-state index >= 15 is 0 Å². The maximum absolute atomic E-state index is 12.8. The summed E-state index contributed by atoms with van der Waals surface area (Å²) in [6, 6.07) is 18.4. The molecule has 0 saturated carbocycles. The van der Waals surface area contributed by atoms with Gasteiger partial charge in [-0.25, -0.2) is 0 Å². The molecule has 9 heteroatoms. The highest BCUT2D eigenvalue weighted by Crippen LogP contribution is 2.22. The van der Waals surface area contributed by atoms with Crippen LogP contribution >= 0.6 is 0 Å². The normalized spacial score (nSPS) is 14.5. The van der Waals surface area contributed by atoms with E-state index in [4.69, 9.17) is 18.9 Å². The number of methoxy groups -OCH3 is 4. The van der Waals surface area contributed by atoms with Crippen LogP contribution in [0.1, 0.15) is 37.8 Å². The number of hydrogen-bond acceptors (Lipinski definition) is 7. The Kier molecular flexibility index (Phi) is 17.7. The van der Waals surface area contributed by atoms with Crippen LogP contribution in [0.3, 0.4) is 0 Å². The van der Waals surface area contributed by atoms with Crippen molar-refractivity contribution < 1.29 is 28.5 Å². The van der Waals surface area contributed by atoms with Gasteiger partial charge in [0.25, 0.3) is 5.91 Å². The maximum atomic E-state index is 12.8. The van der Waals surface area contributed by atoms with Crippen molar-refractivity contribution in [3.8, 4) is 0 Å². The number of hydrogen-bond donors (Lipinski definition) is 2. The van der Waals surface area contributed by atoms with Crippen LogP contribution in [-0.4, -0.2) is 83.5 Å². The number of fused-ring (bicyclic) bond motifs is 1. The Hall–Kier alpha value is -4.34. The monoisotopic (exact) mass is 647 g/mol. The third-order valence-corrected chi connectivity index (χ3v) is 7.62. The third-order valence-electron chi connectivity index (χ3n) is 7.62. The molecular formula is C38H53N3O6. The van der Waals surface area contributed by atoms with Crippen LogP contribution < -0.4 is 5.32 Å². The highest BCUT2D eigenvalue weighted by Gasteiger charge is 2.22. The van der Waals surface area contributed by atoms with E-state index in [0.29, 0.717) is 30.1 Å². The number of H-pyrrole nitrogens is 1. The summed E-state index contributed by atoms with van der Waals surface area (Å²) in [6.07, 6.45) is 10.6. The Bertz CT molecular complexity index is 1460. The maximum Gasteiger partial charge on any atom is 0.308 e. The number of aromatic nitrogens is 1. The summed E-state index contributed by atoms with van der Waals surface area (Å²) >= 11 is 0. The molecule has 2 N–H and O–H groups in total. The molecule has 256 valence electrons. The van der Waals surface area contributed by atoms with E-state index in [9.17, 15) is 9.59 Å². The number of allylic oxidation sites excluding steroid dienone is 1. The van der Waals surface area contributed by atoms with Gasteiger partial charge in [0.2, 0.25) is 0 Å². The molecule has 2 aromatic carbocycles. The van der Waals surface area contributed by atoms with Crippen molar-refractivity contribution in [1.82, 2.24) is 15.2 Å². The molecule has 2 unspecified atom stereocenters. The lowest BCUT2D eigenvalue weighted by Crippen LogP contribution is -2.29. The average Bonchev–Trinajstić information content (AvgIpc) is 3.40. The van der Waals surface area contributed by atoms with Gasteiger partial charge in [-0.2, -0.15) is 0 Å². The van der Waals surface area contributed by atoms with Gasteiger partial charge in [-0.1, -0.05) is 62.4 Å². The second-order valence-corrected chi connectivity index (χ2v) is 11.2. The van der Waals surface area contributed by atoms with Crippen LogP contribution in [0.2, 0.25) is 0 Å². The molecule has 4 rings (SSSR count). The van der Waals surface area contributed by atoms with Crippen LogP contribution in [0.5, 0.6) is 0 Å². The van der Waals surface area contributed by atoms with Crippen LogP contribution in [0.25, 0.3) is 10.9 Å². The van der Waals surface area contributed by atoms with Gasteiger partial charge in [0.05, 0.1) is 27.2 Å². The molecule has 0 fully saturated rings. The number of benzene rings is 2. The fourth-order valence-electron chi connectivity index (χ4n) is 4.97. The topological polar surface area (TPSA) is 102 Å². The molecule has 1 aliphatic carbocycles. The molecule has 1 amide bonds. The van der Waals surface area contributed by atoms with Crippen LogP contribution in [0.4, 0.5) is 0 Å². The SMILES string of the molecule is CCCNC.COC(=O)C(C)Cc1c[nH]c2ccccc12.COC1=CC(OC)C(OC)=CC(C(=O)N(C)CCCc2ccccc2)=C1. The number of ether oxygens (including phenoxy) is 4. The zero-order valence-corrected chi connectivity index (χ0v) is 29.3. The highest BCUT2D eigenvalue weighted by molar-refractivity contribution is 5.96. The number of aromatic amines is 1. The highest BCUT2D eigenvalue weighted by atomic mass is 16.5. The molecule has 1 heterocycles. The first-order valence-corrected chi connectivity index (χ1v) is 16.0. The van der Waals surface area contributed by atoms with E-state index in [1.165, 1.54) is 24.5 Å². The Labute approximate surface area is 280 Å². The van der Waals surface area contributed by atoms with E-state index in [0.717, 1.165) is 30.5 Å². The Morgan fingerprint density at radius 3 is 2.28 bits per heavy atom. The number of carbonyl (C=O) groups is 2. The number of nitrogens with one attached hydrogen (secondary N) is 2. The van der Waals surface area contributed by atoms with Crippen molar-refractivity contribution in [2.75, 3.05) is 55.6 Å². The minimum atomic E-state index is -0.389. The van der Waals surface area contributed by atoms with Crippen LogP contribution in [0, 0.1) is 5.92 Å². The summed E-state index contributed by atoms with van der Waals surface area (Å²) in [6.45, 7) is 5.84. The number of esters is 1. The van der Waals surface area contributed by atoms with Gasteiger partial charge < -0.3 is 34.1 Å². The second-order valence-electron chi connectivity index (χ2n) is 11.2. The lowest BCUT2D eigenvalue weighted by atomic mass is 10.0. The lowest BCUT2D eigenvalue weighted by molar-refractivity contribution is -0.144. The van der Waals surface area contributed by atoms with E-state index in [1.807, 2.05) is 63.6 Å². The smallest absolute Gasteiger partial charge is 0.308 e. The predicted molar refractivity (Wildman–Crippen MR) is 189 cm³/mol. The van der Waals surface area contributed by atoms with Gasteiger partial charge in [-0.05, 0) is 74.7 Å². The Balaban J connectivity index is 0.000000309. The van der Waals surface area contributed by atoms with Crippen molar-refractivity contribution in [2.24, 2.45) is 5.92 Å². The van der Waals surface area contributed by atoms with E-state index < -0.39 is 0 Å². The molecule has 0 saturated heterocycles. The van der Waals surface area contributed by atoms with E-state index in [2.05, 4.69) is 35.4 Å². The van der Waals surface area contributed by atoms with Gasteiger partial charge in [0, 0.05) is 43.4 Å². The molecule has 2 atom stereocenters. The van der Waals surface area contributed by atoms with E-state index in [-0.39, 0.29) is 23.9 Å². The van der Waals surface area contributed by atoms with Gasteiger partial charge in [0.1, 0.15) is 17.6 Å². The number of amides is 1. The fraction of sp³-hybridized carbons (Fsp3) is 0.421. The molecule has 1 aromatic heterocycles. The van der Waals surface area contributed by atoms with Gasteiger partial charge in [0.15, 0.2) is 0 Å². The summed E-state index contributed by atoms with van der Waals surface area (Å²) in [5, 5.41) is 4.20. The third kappa shape index (κ3) is 12.8.